The van der Waals surface area contributed by atoms with E-state index in [4.69, 9.17) is 0 Å². The highest BCUT2D eigenvalue weighted by Gasteiger charge is 2.05. The minimum absolute atomic E-state index is 0.193. The maximum Gasteiger partial charge on any atom is 0.191 e. The van der Waals surface area contributed by atoms with Crippen LogP contribution in [0, 0.1) is 5.82 Å². The number of hydrogen-bond acceptors (Lipinski definition) is 4. The number of nitrogens with zero attached hydrogens (tertiary/aromatic N) is 2. The van der Waals surface area contributed by atoms with Gasteiger partial charge >= 0.3 is 0 Å². The Morgan fingerprint density at radius 1 is 1.27 bits per heavy atom. The first-order valence-corrected chi connectivity index (χ1v) is 11.1. The summed E-state index contributed by atoms with van der Waals surface area (Å²) in [5.41, 5.74) is 2.07. The van der Waals surface area contributed by atoms with Gasteiger partial charge in [-0.3, -0.25) is 0 Å². The van der Waals surface area contributed by atoms with E-state index in [1.807, 2.05) is 25.4 Å². The number of thioether (sulfide) groups is 1. The Hall–Kier alpha value is -1.60. The Balaban J connectivity index is 1.95. The predicted octanol–water partition coefficient (Wildman–Crippen LogP) is 4.01. The van der Waals surface area contributed by atoms with Crippen LogP contribution in [0.4, 0.5) is 4.39 Å². The maximum absolute atomic E-state index is 13.5. The molecule has 1 heterocycles. The number of aryl methyl sites for hydroxylation is 1. The molecule has 0 saturated heterocycles. The number of aromatic nitrogens is 1. The van der Waals surface area contributed by atoms with Gasteiger partial charge in [0.25, 0.3) is 0 Å². The molecule has 1 aromatic carbocycles. The quantitative estimate of drug-likeness (QED) is 0.498. The molecule has 0 spiro atoms. The number of hydrogen-bond donors (Lipinski definition) is 2. The lowest BCUT2D eigenvalue weighted by Gasteiger charge is -2.12. The number of guanidine groups is 1. The van der Waals surface area contributed by atoms with Crippen molar-refractivity contribution >= 4 is 29.1 Å². The fourth-order valence-corrected chi connectivity index (χ4v) is 3.90. The first kappa shape index (κ1) is 20.7. The van der Waals surface area contributed by atoms with E-state index in [2.05, 4.69) is 27.5 Å². The summed E-state index contributed by atoms with van der Waals surface area (Å²) in [4.78, 5) is 10.4. The zero-order valence-electron chi connectivity index (χ0n) is 15.6. The van der Waals surface area contributed by atoms with Gasteiger partial charge in [0, 0.05) is 36.3 Å². The van der Waals surface area contributed by atoms with Gasteiger partial charge in [0.15, 0.2) is 5.96 Å². The van der Waals surface area contributed by atoms with Crippen LogP contribution in [0.3, 0.4) is 0 Å². The van der Waals surface area contributed by atoms with Gasteiger partial charge in [0.1, 0.15) is 5.82 Å². The normalized spacial score (nSPS) is 11.6. The third-order valence-electron chi connectivity index (χ3n) is 3.80. The van der Waals surface area contributed by atoms with Crippen molar-refractivity contribution in [3.05, 3.63) is 51.2 Å². The van der Waals surface area contributed by atoms with E-state index >= 15 is 0 Å². The molecule has 0 saturated carbocycles. The SMILES string of the molecule is CCNC(=NCc1ccc(F)cc1CSC)NCCc1ncc(CC)s1. The molecule has 0 aliphatic carbocycles. The lowest BCUT2D eigenvalue weighted by molar-refractivity contribution is 0.625. The molecule has 142 valence electrons. The van der Waals surface area contributed by atoms with Crippen LogP contribution in [0.2, 0.25) is 0 Å². The highest BCUT2D eigenvalue weighted by molar-refractivity contribution is 7.97. The number of rotatable bonds is 9. The third kappa shape index (κ3) is 6.61. The molecule has 2 N–H and O–H groups in total. The van der Waals surface area contributed by atoms with Crippen molar-refractivity contribution in [1.29, 1.82) is 0 Å². The Morgan fingerprint density at radius 3 is 2.81 bits per heavy atom. The standard InChI is InChI=1S/C19H27FN4S2/c1-4-17-12-23-18(26-17)8-9-22-19(21-5-2)24-11-14-6-7-16(20)10-15(14)13-25-3/h6-7,10,12H,4-5,8-9,11,13H2,1-3H3,(H2,21,22,24). The average molecular weight is 395 g/mol. The van der Waals surface area contributed by atoms with Gasteiger partial charge in [-0.1, -0.05) is 13.0 Å². The van der Waals surface area contributed by atoms with Gasteiger partial charge in [0.05, 0.1) is 11.6 Å². The van der Waals surface area contributed by atoms with Crippen molar-refractivity contribution in [2.75, 3.05) is 19.3 Å². The van der Waals surface area contributed by atoms with E-state index < -0.39 is 0 Å². The Kier molecular flexibility index (Phi) is 8.91. The van der Waals surface area contributed by atoms with Gasteiger partial charge < -0.3 is 10.6 Å². The summed E-state index contributed by atoms with van der Waals surface area (Å²) in [6.45, 7) is 6.30. The molecule has 2 rings (SSSR count). The Labute approximate surface area is 163 Å². The molecule has 7 heteroatoms. The van der Waals surface area contributed by atoms with Crippen LogP contribution in [0.25, 0.3) is 0 Å². The molecule has 1 aromatic heterocycles. The molecule has 0 atom stereocenters. The van der Waals surface area contributed by atoms with Crippen LogP contribution in [0.15, 0.2) is 29.4 Å². The van der Waals surface area contributed by atoms with E-state index in [0.29, 0.717) is 6.54 Å². The molecule has 0 radical (unpaired) electrons. The van der Waals surface area contributed by atoms with Crippen molar-refractivity contribution in [3.8, 4) is 0 Å². The molecule has 0 bridgehead atoms. The first-order valence-electron chi connectivity index (χ1n) is 8.88. The number of nitrogens with one attached hydrogen (secondary N) is 2. The van der Waals surface area contributed by atoms with Crippen molar-refractivity contribution in [2.24, 2.45) is 4.99 Å². The lowest BCUT2D eigenvalue weighted by atomic mass is 10.1. The second kappa shape index (κ2) is 11.2. The van der Waals surface area contributed by atoms with Crippen LogP contribution in [-0.2, 0) is 25.1 Å². The summed E-state index contributed by atoms with van der Waals surface area (Å²) < 4.78 is 13.5. The summed E-state index contributed by atoms with van der Waals surface area (Å²) in [7, 11) is 0. The highest BCUT2D eigenvalue weighted by atomic mass is 32.2. The van der Waals surface area contributed by atoms with E-state index in [0.717, 1.165) is 53.8 Å². The highest BCUT2D eigenvalue weighted by Crippen LogP contribution is 2.17. The third-order valence-corrected chi connectivity index (χ3v) is 5.60. The number of aliphatic imine (C=N–C) groups is 1. The average Bonchev–Trinajstić information content (AvgIpc) is 3.09. The minimum atomic E-state index is -0.193. The topological polar surface area (TPSA) is 49.3 Å². The summed E-state index contributed by atoms with van der Waals surface area (Å²) in [6, 6.07) is 4.94. The molecular weight excluding hydrogens is 367 g/mol. The molecule has 0 aliphatic heterocycles. The molecule has 2 aromatic rings. The smallest absolute Gasteiger partial charge is 0.191 e. The van der Waals surface area contributed by atoms with Gasteiger partial charge in [-0.2, -0.15) is 11.8 Å². The Bertz CT molecular complexity index is 715. The first-order chi connectivity index (χ1) is 12.7. The van der Waals surface area contributed by atoms with Crippen LogP contribution in [0.5, 0.6) is 0 Å². The molecular formula is C19H27FN4S2. The van der Waals surface area contributed by atoms with Crippen molar-refractivity contribution in [3.63, 3.8) is 0 Å². The summed E-state index contributed by atoms with van der Waals surface area (Å²) in [6.07, 6.45) is 5.89. The van der Waals surface area contributed by atoms with E-state index in [9.17, 15) is 4.39 Å². The molecule has 26 heavy (non-hydrogen) atoms. The predicted molar refractivity (Wildman–Crippen MR) is 112 cm³/mol. The van der Waals surface area contributed by atoms with Gasteiger partial charge in [0.2, 0.25) is 0 Å². The number of halogens is 1. The zero-order valence-corrected chi connectivity index (χ0v) is 17.3. The maximum atomic E-state index is 13.5. The molecule has 0 aliphatic rings. The van der Waals surface area contributed by atoms with E-state index in [1.165, 1.54) is 10.9 Å². The molecule has 4 nitrogen and oxygen atoms in total. The largest absolute Gasteiger partial charge is 0.357 e. The second-order valence-electron chi connectivity index (χ2n) is 5.79. The fraction of sp³-hybridized carbons (Fsp3) is 0.474. The monoisotopic (exact) mass is 394 g/mol. The lowest BCUT2D eigenvalue weighted by Crippen LogP contribution is -2.38. The van der Waals surface area contributed by atoms with E-state index in [1.54, 1.807) is 29.2 Å². The minimum Gasteiger partial charge on any atom is -0.357 e. The fourth-order valence-electron chi connectivity index (χ4n) is 2.46. The molecule has 0 unspecified atom stereocenters. The Morgan fingerprint density at radius 2 is 2.12 bits per heavy atom. The van der Waals surface area contributed by atoms with Gasteiger partial charge in [-0.05, 0) is 42.9 Å². The van der Waals surface area contributed by atoms with Crippen LogP contribution in [-0.4, -0.2) is 30.3 Å². The zero-order chi connectivity index (χ0) is 18.8. The van der Waals surface area contributed by atoms with E-state index in [-0.39, 0.29) is 5.82 Å². The summed E-state index contributed by atoms with van der Waals surface area (Å²) in [5, 5.41) is 7.76. The van der Waals surface area contributed by atoms with Crippen LogP contribution < -0.4 is 10.6 Å². The molecule has 0 fully saturated rings. The van der Waals surface area contributed by atoms with Crippen LogP contribution in [0.1, 0.15) is 34.9 Å². The summed E-state index contributed by atoms with van der Waals surface area (Å²) in [5.74, 6) is 1.37. The van der Waals surface area contributed by atoms with Crippen LogP contribution >= 0.6 is 23.1 Å². The number of benzene rings is 1. The number of thiazole rings is 1. The summed E-state index contributed by atoms with van der Waals surface area (Å²) >= 11 is 3.45. The van der Waals surface area contributed by atoms with Crippen molar-refractivity contribution in [2.45, 2.75) is 39.0 Å². The van der Waals surface area contributed by atoms with Crippen molar-refractivity contribution in [1.82, 2.24) is 15.6 Å². The second-order valence-corrected chi connectivity index (χ2v) is 7.86. The van der Waals surface area contributed by atoms with Crippen molar-refractivity contribution < 1.29 is 4.39 Å². The van der Waals surface area contributed by atoms with Gasteiger partial charge in [-0.25, -0.2) is 14.4 Å². The van der Waals surface area contributed by atoms with Gasteiger partial charge in [-0.15, -0.1) is 11.3 Å². The molecule has 0 amide bonds.